The summed E-state index contributed by atoms with van der Waals surface area (Å²) in [6, 6.07) is 11.1. The molecule has 0 N–H and O–H groups in total. The van der Waals surface area contributed by atoms with Crippen LogP contribution in [0.25, 0.3) is 12.2 Å². The summed E-state index contributed by atoms with van der Waals surface area (Å²) >= 11 is 0. The lowest BCUT2D eigenvalue weighted by molar-refractivity contribution is -0.385. The van der Waals surface area contributed by atoms with Crippen molar-refractivity contribution in [2.24, 2.45) is 0 Å². The van der Waals surface area contributed by atoms with Crippen molar-refractivity contribution in [3.8, 4) is 0 Å². The smallest absolute Gasteiger partial charge is 0.340 e. The van der Waals surface area contributed by atoms with E-state index in [-0.39, 0.29) is 17.9 Å². The van der Waals surface area contributed by atoms with Gasteiger partial charge in [-0.05, 0) is 24.6 Å². The van der Waals surface area contributed by atoms with Crippen LogP contribution in [-0.2, 0) is 11.3 Å². The molecule has 0 fully saturated rings. The lowest BCUT2D eigenvalue weighted by atomic mass is 10.1. The third-order valence-corrected chi connectivity index (χ3v) is 3.88. The number of rotatable bonds is 7. The summed E-state index contributed by atoms with van der Waals surface area (Å²) in [4.78, 5) is 26.5. The van der Waals surface area contributed by atoms with Gasteiger partial charge in [0.1, 0.15) is 6.20 Å². The average Bonchev–Trinajstić information content (AvgIpc) is 3.14. The maximum absolute atomic E-state index is 12.1. The van der Waals surface area contributed by atoms with Crippen molar-refractivity contribution in [3.05, 3.63) is 87.5 Å². The van der Waals surface area contributed by atoms with Crippen LogP contribution in [0.1, 0.15) is 34.1 Å². The van der Waals surface area contributed by atoms with Crippen molar-refractivity contribution in [1.29, 1.82) is 0 Å². The van der Waals surface area contributed by atoms with Gasteiger partial charge in [0.25, 0.3) is 5.69 Å². The summed E-state index contributed by atoms with van der Waals surface area (Å²) in [5, 5.41) is 15.3. The van der Waals surface area contributed by atoms with Gasteiger partial charge in [0, 0.05) is 17.8 Å². The molecule has 28 heavy (non-hydrogen) atoms. The van der Waals surface area contributed by atoms with Crippen LogP contribution in [0.4, 0.5) is 5.69 Å². The molecule has 0 saturated heterocycles. The number of aromatic nitrogens is 3. The predicted octanol–water partition coefficient (Wildman–Crippen LogP) is 3.58. The van der Waals surface area contributed by atoms with Gasteiger partial charge in [-0.2, -0.15) is 5.10 Å². The van der Waals surface area contributed by atoms with Crippen LogP contribution in [0.3, 0.4) is 0 Å². The summed E-state index contributed by atoms with van der Waals surface area (Å²) in [6.07, 6.45) is 8.01. The van der Waals surface area contributed by atoms with Crippen molar-refractivity contribution in [1.82, 2.24) is 14.8 Å². The van der Waals surface area contributed by atoms with Gasteiger partial charge in [0.15, 0.2) is 0 Å². The first-order valence-electron chi connectivity index (χ1n) is 8.63. The van der Waals surface area contributed by atoms with Crippen LogP contribution in [0.2, 0.25) is 0 Å². The van der Waals surface area contributed by atoms with Crippen LogP contribution in [0, 0.1) is 10.1 Å². The fourth-order valence-electron chi connectivity index (χ4n) is 2.57. The maximum Gasteiger partial charge on any atom is 0.340 e. The molecule has 0 unspecified atom stereocenters. The minimum absolute atomic E-state index is 0.0453. The van der Waals surface area contributed by atoms with E-state index >= 15 is 0 Å². The van der Waals surface area contributed by atoms with E-state index in [0.717, 1.165) is 17.3 Å². The third kappa shape index (κ3) is 4.67. The molecule has 0 aliphatic carbocycles. The standard InChI is InChI=1S/C20H18N4O4/c1-2-28-20(25)18-10-17(24(26)27)12-21-19(18)9-8-16-11-22-23(14-16)13-15-6-4-3-5-7-15/h3-12,14H,2,13H2,1H3/b9-8+. The first-order valence-corrected chi connectivity index (χ1v) is 8.63. The summed E-state index contributed by atoms with van der Waals surface area (Å²) in [6.45, 7) is 2.47. The Hall–Kier alpha value is -3.81. The first-order chi connectivity index (χ1) is 13.6. The SMILES string of the molecule is CCOC(=O)c1cc([N+](=O)[O-])cnc1/C=C/c1cnn(Cc2ccccc2)c1. The van der Waals surface area contributed by atoms with E-state index in [1.165, 1.54) is 6.07 Å². The molecule has 0 radical (unpaired) electrons. The second-order valence-electron chi connectivity index (χ2n) is 5.89. The van der Waals surface area contributed by atoms with Gasteiger partial charge in [-0.15, -0.1) is 0 Å². The van der Waals surface area contributed by atoms with Crippen molar-refractivity contribution < 1.29 is 14.5 Å². The molecule has 0 bridgehead atoms. The number of nitro groups is 1. The summed E-state index contributed by atoms with van der Waals surface area (Å²) in [7, 11) is 0. The number of ether oxygens (including phenoxy) is 1. The summed E-state index contributed by atoms with van der Waals surface area (Å²) in [5.41, 5.74) is 2.01. The molecule has 3 aromatic rings. The highest BCUT2D eigenvalue weighted by atomic mass is 16.6. The Morgan fingerprint density at radius 1 is 1.25 bits per heavy atom. The Morgan fingerprint density at radius 2 is 2.04 bits per heavy atom. The van der Waals surface area contributed by atoms with E-state index in [1.54, 1.807) is 30.0 Å². The second kappa shape index (κ2) is 8.72. The monoisotopic (exact) mass is 378 g/mol. The number of esters is 1. The van der Waals surface area contributed by atoms with Gasteiger partial charge >= 0.3 is 5.97 Å². The topological polar surface area (TPSA) is 100 Å². The molecule has 2 aromatic heterocycles. The number of carbonyl (C=O) groups excluding carboxylic acids is 1. The number of hydrogen-bond acceptors (Lipinski definition) is 6. The van der Waals surface area contributed by atoms with E-state index in [2.05, 4.69) is 10.1 Å². The molecular weight excluding hydrogens is 360 g/mol. The van der Waals surface area contributed by atoms with Crippen LogP contribution < -0.4 is 0 Å². The number of carbonyl (C=O) groups is 1. The molecule has 0 aliphatic rings. The molecule has 142 valence electrons. The molecule has 0 atom stereocenters. The molecule has 0 saturated carbocycles. The van der Waals surface area contributed by atoms with Gasteiger partial charge in [-0.1, -0.05) is 30.3 Å². The van der Waals surface area contributed by atoms with Gasteiger partial charge in [0.2, 0.25) is 0 Å². The summed E-state index contributed by atoms with van der Waals surface area (Å²) in [5.74, 6) is -0.655. The molecule has 0 spiro atoms. The van der Waals surface area contributed by atoms with Crippen molar-refractivity contribution in [3.63, 3.8) is 0 Å². The number of pyridine rings is 1. The van der Waals surface area contributed by atoms with E-state index < -0.39 is 10.9 Å². The van der Waals surface area contributed by atoms with E-state index in [4.69, 9.17) is 4.74 Å². The zero-order chi connectivity index (χ0) is 19.9. The quantitative estimate of drug-likeness (QED) is 0.354. The molecule has 8 heteroatoms. The molecule has 2 heterocycles. The Kier molecular flexibility index (Phi) is 5.91. The van der Waals surface area contributed by atoms with E-state index in [9.17, 15) is 14.9 Å². The van der Waals surface area contributed by atoms with Crippen LogP contribution in [0.5, 0.6) is 0 Å². The lowest BCUT2D eigenvalue weighted by Crippen LogP contribution is -2.08. The maximum atomic E-state index is 12.1. The largest absolute Gasteiger partial charge is 0.462 e. The van der Waals surface area contributed by atoms with Crippen molar-refractivity contribution >= 4 is 23.8 Å². The van der Waals surface area contributed by atoms with Gasteiger partial charge < -0.3 is 4.74 Å². The van der Waals surface area contributed by atoms with E-state index in [0.29, 0.717) is 12.2 Å². The average molecular weight is 378 g/mol. The molecule has 3 rings (SSSR count). The Labute approximate surface area is 161 Å². The Morgan fingerprint density at radius 3 is 2.75 bits per heavy atom. The highest BCUT2D eigenvalue weighted by Crippen LogP contribution is 2.18. The minimum atomic E-state index is -0.655. The molecule has 0 amide bonds. The second-order valence-corrected chi connectivity index (χ2v) is 5.89. The highest BCUT2D eigenvalue weighted by Gasteiger charge is 2.17. The lowest BCUT2D eigenvalue weighted by Gasteiger charge is -2.04. The van der Waals surface area contributed by atoms with E-state index in [1.807, 2.05) is 36.5 Å². The van der Waals surface area contributed by atoms with Gasteiger partial charge in [-0.3, -0.25) is 14.8 Å². The Bertz CT molecular complexity index is 1010. The Balaban J connectivity index is 1.81. The zero-order valence-electron chi connectivity index (χ0n) is 15.2. The van der Waals surface area contributed by atoms with Crippen LogP contribution in [0.15, 0.2) is 55.0 Å². The molecule has 1 aromatic carbocycles. The molecule has 8 nitrogen and oxygen atoms in total. The van der Waals surface area contributed by atoms with Crippen LogP contribution >= 0.6 is 0 Å². The van der Waals surface area contributed by atoms with Gasteiger partial charge in [0.05, 0.1) is 35.5 Å². The van der Waals surface area contributed by atoms with Gasteiger partial charge in [-0.25, -0.2) is 9.78 Å². The molecular formula is C20H18N4O4. The predicted molar refractivity (Wildman–Crippen MR) is 104 cm³/mol. The van der Waals surface area contributed by atoms with Crippen molar-refractivity contribution in [2.75, 3.05) is 6.61 Å². The van der Waals surface area contributed by atoms with Crippen molar-refractivity contribution in [2.45, 2.75) is 13.5 Å². The normalized spacial score (nSPS) is 10.9. The fourth-order valence-corrected chi connectivity index (χ4v) is 2.57. The minimum Gasteiger partial charge on any atom is -0.462 e. The number of nitrogens with zero attached hydrogens (tertiary/aromatic N) is 4. The zero-order valence-corrected chi connectivity index (χ0v) is 15.2. The number of hydrogen-bond donors (Lipinski definition) is 0. The highest BCUT2D eigenvalue weighted by molar-refractivity contribution is 5.94. The summed E-state index contributed by atoms with van der Waals surface area (Å²) < 4.78 is 6.77. The molecule has 0 aliphatic heterocycles. The van der Waals surface area contributed by atoms with Crippen LogP contribution in [-0.4, -0.2) is 32.3 Å². The number of benzene rings is 1. The first kappa shape index (κ1) is 19.0. The fraction of sp³-hybridized carbons (Fsp3) is 0.150. The third-order valence-electron chi connectivity index (χ3n) is 3.88.